The van der Waals surface area contributed by atoms with Gasteiger partial charge in [0.15, 0.2) is 4.32 Å². The summed E-state index contributed by atoms with van der Waals surface area (Å²) in [6, 6.07) is 16.3. The van der Waals surface area contributed by atoms with Gasteiger partial charge < -0.3 is 0 Å². The van der Waals surface area contributed by atoms with Crippen LogP contribution < -0.4 is 4.90 Å². The highest BCUT2D eigenvalue weighted by Gasteiger charge is 2.33. The molecular formula is C21H21NOS2. The van der Waals surface area contributed by atoms with Crippen LogP contribution in [0.15, 0.2) is 53.4 Å². The van der Waals surface area contributed by atoms with E-state index in [-0.39, 0.29) is 5.91 Å². The third-order valence-corrected chi connectivity index (χ3v) is 5.45. The van der Waals surface area contributed by atoms with Crippen LogP contribution in [0.4, 0.5) is 5.69 Å². The van der Waals surface area contributed by atoms with E-state index < -0.39 is 0 Å². The zero-order chi connectivity index (χ0) is 17.8. The molecule has 1 amide bonds. The molecule has 2 nitrogen and oxygen atoms in total. The second kappa shape index (κ2) is 7.98. The molecule has 1 saturated heterocycles. The summed E-state index contributed by atoms with van der Waals surface area (Å²) in [6.07, 6.45) is 5.35. The van der Waals surface area contributed by atoms with Crippen LogP contribution in [0.5, 0.6) is 0 Å². The summed E-state index contributed by atoms with van der Waals surface area (Å²) in [5.74, 6) is -0.0437. The largest absolute Gasteiger partial charge is 0.270 e. The fourth-order valence-corrected chi connectivity index (χ4v) is 4.09. The van der Waals surface area contributed by atoms with Crippen molar-refractivity contribution in [2.45, 2.75) is 33.1 Å². The maximum Gasteiger partial charge on any atom is 0.270 e. The molecule has 3 rings (SSSR count). The zero-order valence-electron chi connectivity index (χ0n) is 14.5. The van der Waals surface area contributed by atoms with Gasteiger partial charge in [-0.05, 0) is 49.1 Å². The number of benzene rings is 2. The van der Waals surface area contributed by atoms with E-state index in [1.165, 1.54) is 35.7 Å². The van der Waals surface area contributed by atoms with Gasteiger partial charge in [0.2, 0.25) is 0 Å². The lowest BCUT2D eigenvalue weighted by atomic mass is 10.1. The van der Waals surface area contributed by atoms with Gasteiger partial charge in [-0.3, -0.25) is 9.69 Å². The number of anilines is 1. The Morgan fingerprint density at radius 1 is 1.16 bits per heavy atom. The number of aryl methyl sites for hydroxylation is 2. The van der Waals surface area contributed by atoms with Crippen LogP contribution in [0.2, 0.25) is 0 Å². The van der Waals surface area contributed by atoms with E-state index in [0.717, 1.165) is 17.7 Å². The number of carbonyl (C=O) groups excluding carboxylic acids is 1. The minimum atomic E-state index is -0.0437. The number of thioether (sulfide) groups is 1. The summed E-state index contributed by atoms with van der Waals surface area (Å²) in [5, 5.41) is 0. The topological polar surface area (TPSA) is 20.3 Å². The molecule has 2 aromatic carbocycles. The summed E-state index contributed by atoms with van der Waals surface area (Å²) in [4.78, 5) is 15.1. The molecule has 0 aliphatic carbocycles. The fraction of sp³-hybridized carbons (Fsp3) is 0.238. The molecule has 2 aromatic rings. The van der Waals surface area contributed by atoms with Gasteiger partial charge in [0.25, 0.3) is 5.91 Å². The molecular weight excluding hydrogens is 346 g/mol. The minimum absolute atomic E-state index is 0.0437. The zero-order valence-corrected chi connectivity index (χ0v) is 16.1. The van der Waals surface area contributed by atoms with E-state index in [2.05, 4.69) is 25.1 Å². The lowest BCUT2D eigenvalue weighted by Gasteiger charge is -2.15. The molecule has 0 radical (unpaired) electrons. The third kappa shape index (κ3) is 4.20. The van der Waals surface area contributed by atoms with E-state index in [0.29, 0.717) is 9.23 Å². The molecule has 0 N–H and O–H groups in total. The Morgan fingerprint density at radius 2 is 1.92 bits per heavy atom. The maximum absolute atomic E-state index is 12.8. The van der Waals surface area contributed by atoms with Gasteiger partial charge in [-0.15, -0.1) is 0 Å². The Bertz CT molecular complexity index is 824. The van der Waals surface area contributed by atoms with Crippen LogP contribution in [-0.4, -0.2) is 10.2 Å². The average Bonchev–Trinajstić information content (AvgIpc) is 2.87. The number of nitrogens with zero attached hydrogens (tertiary/aromatic N) is 1. The van der Waals surface area contributed by atoms with Crippen molar-refractivity contribution in [3.63, 3.8) is 0 Å². The van der Waals surface area contributed by atoms with Crippen LogP contribution in [0, 0.1) is 6.92 Å². The monoisotopic (exact) mass is 367 g/mol. The summed E-state index contributed by atoms with van der Waals surface area (Å²) in [5.41, 5.74) is 4.34. The molecule has 1 aliphatic heterocycles. The molecule has 0 unspecified atom stereocenters. The van der Waals surface area contributed by atoms with Crippen LogP contribution in [-0.2, 0) is 11.2 Å². The molecule has 4 heteroatoms. The number of unbranched alkanes of at least 4 members (excludes halogenated alkanes) is 1. The SMILES string of the molecule is CCCCc1ccc(N2C(=O)/C(=C/c3cccc(C)c3)SC2=S)cc1. The van der Waals surface area contributed by atoms with E-state index in [1.54, 1.807) is 4.90 Å². The molecule has 0 atom stereocenters. The highest BCUT2D eigenvalue weighted by atomic mass is 32.2. The van der Waals surface area contributed by atoms with Gasteiger partial charge in [-0.25, -0.2) is 0 Å². The second-order valence-electron chi connectivity index (χ2n) is 6.20. The van der Waals surface area contributed by atoms with Crippen molar-refractivity contribution in [2.24, 2.45) is 0 Å². The summed E-state index contributed by atoms with van der Waals surface area (Å²) in [6.45, 7) is 4.23. The molecule has 1 heterocycles. The molecule has 0 spiro atoms. The highest BCUT2D eigenvalue weighted by molar-refractivity contribution is 8.27. The first-order chi connectivity index (χ1) is 12.1. The highest BCUT2D eigenvalue weighted by Crippen LogP contribution is 2.36. The van der Waals surface area contributed by atoms with Crippen LogP contribution in [0.3, 0.4) is 0 Å². The van der Waals surface area contributed by atoms with Crippen molar-refractivity contribution >= 4 is 46.0 Å². The quantitative estimate of drug-likeness (QED) is 0.496. The summed E-state index contributed by atoms with van der Waals surface area (Å²) >= 11 is 6.81. The first kappa shape index (κ1) is 17.9. The van der Waals surface area contributed by atoms with Gasteiger partial charge in [0.1, 0.15) is 0 Å². The van der Waals surface area contributed by atoms with Gasteiger partial charge in [-0.1, -0.05) is 79.3 Å². The first-order valence-corrected chi connectivity index (χ1v) is 9.74. The standard InChI is InChI=1S/C21H21NOS2/c1-3-4-7-16-9-11-18(12-10-16)22-20(23)19(25-21(22)24)14-17-8-5-6-15(2)13-17/h5-6,8-14H,3-4,7H2,1-2H3/b19-14-. The molecule has 128 valence electrons. The van der Waals surface area contributed by atoms with E-state index in [4.69, 9.17) is 12.2 Å². The van der Waals surface area contributed by atoms with Crippen molar-refractivity contribution < 1.29 is 4.79 Å². The number of amides is 1. The van der Waals surface area contributed by atoms with Gasteiger partial charge in [0.05, 0.1) is 10.6 Å². The Hall–Kier alpha value is -1.91. The van der Waals surface area contributed by atoms with Crippen LogP contribution in [0.1, 0.15) is 36.5 Å². The Kier molecular flexibility index (Phi) is 5.71. The van der Waals surface area contributed by atoms with Crippen LogP contribution in [0.25, 0.3) is 6.08 Å². The third-order valence-electron chi connectivity index (χ3n) is 4.15. The summed E-state index contributed by atoms with van der Waals surface area (Å²) < 4.78 is 0.588. The molecule has 25 heavy (non-hydrogen) atoms. The fourth-order valence-electron chi connectivity index (χ4n) is 2.79. The smallest absolute Gasteiger partial charge is 0.268 e. The number of hydrogen-bond donors (Lipinski definition) is 0. The van der Waals surface area contributed by atoms with E-state index >= 15 is 0 Å². The first-order valence-electron chi connectivity index (χ1n) is 8.52. The Morgan fingerprint density at radius 3 is 2.60 bits per heavy atom. The van der Waals surface area contributed by atoms with Crippen molar-refractivity contribution in [1.29, 1.82) is 0 Å². The molecule has 1 aliphatic rings. The molecule has 0 aromatic heterocycles. The lowest BCUT2D eigenvalue weighted by molar-refractivity contribution is -0.113. The van der Waals surface area contributed by atoms with Gasteiger partial charge >= 0.3 is 0 Å². The molecule has 1 fully saturated rings. The average molecular weight is 368 g/mol. The number of thiocarbonyl (C=S) groups is 1. The number of rotatable bonds is 5. The lowest BCUT2D eigenvalue weighted by Crippen LogP contribution is -2.27. The van der Waals surface area contributed by atoms with Crippen molar-refractivity contribution in [1.82, 2.24) is 0 Å². The van der Waals surface area contributed by atoms with E-state index in [9.17, 15) is 4.79 Å². The number of carbonyl (C=O) groups is 1. The molecule has 0 bridgehead atoms. The predicted octanol–water partition coefficient (Wildman–Crippen LogP) is 5.74. The predicted molar refractivity (Wildman–Crippen MR) is 112 cm³/mol. The van der Waals surface area contributed by atoms with Gasteiger partial charge in [-0.2, -0.15) is 0 Å². The van der Waals surface area contributed by atoms with Crippen molar-refractivity contribution in [2.75, 3.05) is 4.90 Å². The molecule has 0 saturated carbocycles. The number of hydrogen-bond acceptors (Lipinski definition) is 3. The normalized spacial score (nSPS) is 16.1. The van der Waals surface area contributed by atoms with E-state index in [1.807, 2.05) is 43.3 Å². The van der Waals surface area contributed by atoms with Crippen molar-refractivity contribution in [3.05, 3.63) is 70.1 Å². The summed E-state index contributed by atoms with van der Waals surface area (Å²) in [7, 11) is 0. The van der Waals surface area contributed by atoms with Crippen molar-refractivity contribution in [3.8, 4) is 0 Å². The minimum Gasteiger partial charge on any atom is -0.268 e. The van der Waals surface area contributed by atoms with Gasteiger partial charge in [0, 0.05) is 0 Å². The van der Waals surface area contributed by atoms with Crippen LogP contribution >= 0.6 is 24.0 Å². The Labute approximate surface area is 158 Å². The maximum atomic E-state index is 12.8. The Balaban J connectivity index is 1.81. The second-order valence-corrected chi connectivity index (χ2v) is 7.88.